The van der Waals surface area contributed by atoms with E-state index in [9.17, 15) is 13.2 Å². The zero-order valence-electron chi connectivity index (χ0n) is 13.7. The van der Waals surface area contributed by atoms with Crippen molar-refractivity contribution >= 4 is 27.3 Å². The van der Waals surface area contributed by atoms with Crippen molar-refractivity contribution in [3.63, 3.8) is 0 Å². The molecule has 1 saturated heterocycles. The maximum Gasteiger partial charge on any atom is 0.252 e. The van der Waals surface area contributed by atoms with E-state index < -0.39 is 10.0 Å². The molecule has 3 atom stereocenters. The highest BCUT2D eigenvalue weighted by Gasteiger charge is 2.41. The maximum atomic E-state index is 12.5. The summed E-state index contributed by atoms with van der Waals surface area (Å²) in [5, 5.41) is 5.04. The van der Waals surface area contributed by atoms with Gasteiger partial charge in [-0.15, -0.1) is 11.3 Å². The number of carbonyl (C=O) groups excluding carboxylic acids is 1. The molecule has 0 aromatic carbocycles. The van der Waals surface area contributed by atoms with Crippen LogP contribution in [-0.4, -0.2) is 37.8 Å². The molecule has 0 unspecified atom stereocenters. The fraction of sp³-hybridized carbons (Fsp3) is 0.706. The van der Waals surface area contributed by atoms with E-state index in [1.165, 1.54) is 34.9 Å². The first kappa shape index (κ1) is 16.5. The number of hydrogen-bond donors (Lipinski definition) is 1. The molecule has 24 heavy (non-hydrogen) atoms. The fourth-order valence-corrected chi connectivity index (χ4v) is 7.23. The third kappa shape index (κ3) is 3.02. The van der Waals surface area contributed by atoms with Crippen molar-refractivity contribution in [2.45, 2.75) is 48.8 Å². The highest BCUT2D eigenvalue weighted by molar-refractivity contribution is 7.91. The molecular weight excluding hydrogens is 344 g/mol. The lowest BCUT2D eigenvalue weighted by Gasteiger charge is -2.32. The van der Waals surface area contributed by atoms with Crippen LogP contribution in [0.5, 0.6) is 0 Å². The number of piperidine rings is 1. The molecule has 1 amide bonds. The summed E-state index contributed by atoms with van der Waals surface area (Å²) in [5.41, 5.74) is 0. The molecule has 2 bridgehead atoms. The Labute approximate surface area is 147 Å². The van der Waals surface area contributed by atoms with E-state index in [1.54, 1.807) is 17.5 Å². The first-order valence-electron chi connectivity index (χ1n) is 8.88. The van der Waals surface area contributed by atoms with Crippen molar-refractivity contribution in [1.29, 1.82) is 0 Å². The molecule has 1 aliphatic heterocycles. The van der Waals surface area contributed by atoms with Gasteiger partial charge in [0.1, 0.15) is 4.21 Å². The molecule has 2 saturated carbocycles. The van der Waals surface area contributed by atoms with Crippen molar-refractivity contribution in [3.8, 4) is 0 Å². The second-order valence-electron chi connectivity index (χ2n) is 7.40. The number of nitrogens with one attached hydrogen (secondary N) is 1. The van der Waals surface area contributed by atoms with Gasteiger partial charge in [0.2, 0.25) is 5.91 Å². The average Bonchev–Trinajstić information content (AvgIpc) is 3.32. The Hall–Kier alpha value is -0.920. The van der Waals surface area contributed by atoms with Gasteiger partial charge in [-0.3, -0.25) is 4.79 Å². The molecule has 7 heteroatoms. The normalized spacial score (nSPS) is 31.4. The quantitative estimate of drug-likeness (QED) is 0.888. The van der Waals surface area contributed by atoms with Crippen molar-refractivity contribution in [1.82, 2.24) is 9.62 Å². The minimum Gasteiger partial charge on any atom is -0.353 e. The monoisotopic (exact) mass is 368 g/mol. The van der Waals surface area contributed by atoms with E-state index in [4.69, 9.17) is 0 Å². The molecule has 1 aromatic heterocycles. The maximum absolute atomic E-state index is 12.5. The molecule has 3 aliphatic rings. The summed E-state index contributed by atoms with van der Waals surface area (Å²) in [6, 6.07) is 3.77. The van der Waals surface area contributed by atoms with Crippen LogP contribution in [0.25, 0.3) is 0 Å². The van der Waals surface area contributed by atoms with Crippen LogP contribution in [0.2, 0.25) is 0 Å². The van der Waals surface area contributed by atoms with Gasteiger partial charge in [-0.2, -0.15) is 4.31 Å². The average molecular weight is 369 g/mol. The van der Waals surface area contributed by atoms with Crippen LogP contribution in [0.3, 0.4) is 0 Å². The highest BCUT2D eigenvalue weighted by Crippen LogP contribution is 2.44. The molecule has 1 N–H and O–H groups in total. The smallest absolute Gasteiger partial charge is 0.252 e. The molecule has 3 fully saturated rings. The van der Waals surface area contributed by atoms with Gasteiger partial charge < -0.3 is 5.32 Å². The number of sulfonamides is 1. The van der Waals surface area contributed by atoms with E-state index in [0.29, 0.717) is 42.1 Å². The third-order valence-electron chi connectivity index (χ3n) is 5.98. The predicted octanol–water partition coefficient (Wildman–Crippen LogP) is 2.45. The summed E-state index contributed by atoms with van der Waals surface area (Å²) in [6.07, 6.45) is 6.25. The molecule has 5 nitrogen and oxygen atoms in total. The lowest BCUT2D eigenvalue weighted by molar-refractivity contribution is -0.127. The summed E-state index contributed by atoms with van der Waals surface area (Å²) in [7, 11) is -3.38. The second-order valence-corrected chi connectivity index (χ2v) is 10.5. The Balaban J connectivity index is 1.32. The minimum absolute atomic E-state index is 0.0427. The van der Waals surface area contributed by atoms with Crippen molar-refractivity contribution in [2.75, 3.05) is 13.1 Å². The number of hydrogen-bond acceptors (Lipinski definition) is 4. The predicted molar refractivity (Wildman–Crippen MR) is 93.2 cm³/mol. The molecular formula is C17H24N2O3S2. The van der Waals surface area contributed by atoms with Crippen LogP contribution in [0.4, 0.5) is 0 Å². The number of thiophene rings is 1. The van der Waals surface area contributed by atoms with Crippen LogP contribution in [0.15, 0.2) is 21.7 Å². The largest absolute Gasteiger partial charge is 0.353 e. The number of nitrogens with zero attached hydrogens (tertiary/aromatic N) is 1. The second kappa shape index (κ2) is 6.42. The first-order chi connectivity index (χ1) is 11.5. The van der Waals surface area contributed by atoms with Crippen molar-refractivity contribution < 1.29 is 13.2 Å². The Morgan fingerprint density at radius 2 is 1.96 bits per heavy atom. The number of amides is 1. The Morgan fingerprint density at radius 1 is 1.17 bits per heavy atom. The summed E-state index contributed by atoms with van der Waals surface area (Å²) in [6.45, 7) is 0.879. The van der Waals surface area contributed by atoms with Gasteiger partial charge in [-0.05, 0) is 55.4 Å². The minimum atomic E-state index is -3.38. The van der Waals surface area contributed by atoms with Crippen LogP contribution < -0.4 is 5.32 Å². The Morgan fingerprint density at radius 3 is 2.54 bits per heavy atom. The standard InChI is InChI=1S/C17H24N2O3S2/c20-17(18-15-11-12-3-4-14(15)10-12)13-5-7-19(8-6-13)24(21,22)16-2-1-9-23-16/h1-2,9,12-15H,3-8,10-11H2,(H,18,20)/t12-,14-,15+/m0/s1. The molecule has 0 radical (unpaired) electrons. The third-order valence-corrected chi connectivity index (χ3v) is 9.25. The van der Waals surface area contributed by atoms with Crippen LogP contribution in [0.1, 0.15) is 38.5 Å². The summed E-state index contributed by atoms with van der Waals surface area (Å²) in [5.74, 6) is 1.59. The van der Waals surface area contributed by atoms with E-state index in [1.807, 2.05) is 0 Å². The van der Waals surface area contributed by atoms with Crippen LogP contribution >= 0.6 is 11.3 Å². The van der Waals surface area contributed by atoms with Gasteiger partial charge >= 0.3 is 0 Å². The van der Waals surface area contributed by atoms with Gasteiger partial charge in [-0.25, -0.2) is 8.42 Å². The molecule has 1 aromatic rings. The lowest BCUT2D eigenvalue weighted by Crippen LogP contribution is -2.46. The highest BCUT2D eigenvalue weighted by atomic mass is 32.2. The van der Waals surface area contributed by atoms with Gasteiger partial charge in [0, 0.05) is 25.0 Å². The summed E-state index contributed by atoms with van der Waals surface area (Å²) >= 11 is 1.25. The Kier molecular flexibility index (Phi) is 4.43. The molecule has 132 valence electrons. The number of rotatable bonds is 4. The van der Waals surface area contributed by atoms with E-state index in [0.717, 1.165) is 12.3 Å². The zero-order valence-corrected chi connectivity index (χ0v) is 15.3. The number of carbonyl (C=O) groups is 1. The number of fused-ring (bicyclic) bond motifs is 2. The van der Waals surface area contributed by atoms with E-state index >= 15 is 0 Å². The topological polar surface area (TPSA) is 66.5 Å². The lowest BCUT2D eigenvalue weighted by atomic mass is 9.93. The molecule has 2 heterocycles. The van der Waals surface area contributed by atoms with Gasteiger partial charge in [0.05, 0.1) is 0 Å². The summed E-state index contributed by atoms with van der Waals surface area (Å²) in [4.78, 5) is 12.5. The van der Waals surface area contributed by atoms with E-state index in [-0.39, 0.29) is 11.8 Å². The van der Waals surface area contributed by atoms with Gasteiger partial charge in [0.25, 0.3) is 10.0 Å². The molecule has 2 aliphatic carbocycles. The van der Waals surface area contributed by atoms with Gasteiger partial charge in [0.15, 0.2) is 0 Å². The van der Waals surface area contributed by atoms with Gasteiger partial charge in [-0.1, -0.05) is 12.5 Å². The van der Waals surface area contributed by atoms with Crippen LogP contribution in [-0.2, 0) is 14.8 Å². The summed E-state index contributed by atoms with van der Waals surface area (Å²) < 4.78 is 27.0. The van der Waals surface area contributed by atoms with Crippen LogP contribution in [0, 0.1) is 17.8 Å². The molecule has 4 rings (SSSR count). The van der Waals surface area contributed by atoms with E-state index in [2.05, 4.69) is 5.32 Å². The fourth-order valence-electron chi connectivity index (χ4n) is 4.62. The Bertz CT molecular complexity index is 693. The SMILES string of the molecule is O=C(N[C@@H]1C[C@H]2CC[C@H]1C2)C1CCN(S(=O)(=O)c2cccs2)CC1. The zero-order chi connectivity index (χ0) is 16.7. The van der Waals surface area contributed by atoms with Crippen molar-refractivity contribution in [2.24, 2.45) is 17.8 Å². The molecule has 0 spiro atoms. The first-order valence-corrected chi connectivity index (χ1v) is 11.2. The van der Waals surface area contributed by atoms with Crippen molar-refractivity contribution in [3.05, 3.63) is 17.5 Å².